The van der Waals surface area contributed by atoms with Crippen LogP contribution in [0.1, 0.15) is 11.5 Å². The Labute approximate surface area is 93.1 Å². The van der Waals surface area contributed by atoms with Gasteiger partial charge in [-0.2, -0.15) is 0 Å². The van der Waals surface area contributed by atoms with Crippen molar-refractivity contribution in [1.29, 1.82) is 0 Å². The largest absolute Gasteiger partial charge is 0.486 e. The summed E-state index contributed by atoms with van der Waals surface area (Å²) in [6.07, 6.45) is 1.72. The lowest BCUT2D eigenvalue weighted by Gasteiger charge is -2.02. The van der Waals surface area contributed by atoms with Gasteiger partial charge in [-0.25, -0.2) is 4.98 Å². The van der Waals surface area contributed by atoms with Crippen molar-refractivity contribution in [2.45, 2.75) is 12.5 Å². The minimum atomic E-state index is 0.431. The highest BCUT2D eigenvalue weighted by atomic mass is 35.5. The van der Waals surface area contributed by atoms with Crippen LogP contribution in [0.15, 0.2) is 36.5 Å². The monoisotopic (exact) mass is 222 g/mol. The van der Waals surface area contributed by atoms with Gasteiger partial charge in [-0.15, -0.1) is 11.6 Å². The molecule has 0 aliphatic carbocycles. The molecule has 4 heteroatoms. The van der Waals surface area contributed by atoms with Crippen LogP contribution in [0, 0.1) is 0 Å². The highest BCUT2D eigenvalue weighted by molar-refractivity contribution is 6.16. The van der Waals surface area contributed by atoms with Gasteiger partial charge in [0.15, 0.2) is 0 Å². The van der Waals surface area contributed by atoms with Gasteiger partial charge in [0.1, 0.15) is 18.2 Å². The minimum absolute atomic E-state index is 0.431. The van der Waals surface area contributed by atoms with Crippen molar-refractivity contribution in [3.05, 3.63) is 48.0 Å². The van der Waals surface area contributed by atoms with E-state index in [2.05, 4.69) is 9.97 Å². The maximum absolute atomic E-state index is 5.65. The molecule has 2 aromatic rings. The molecule has 15 heavy (non-hydrogen) atoms. The number of hydrogen-bond acceptors (Lipinski definition) is 2. The second kappa shape index (κ2) is 4.84. The van der Waals surface area contributed by atoms with E-state index in [1.54, 1.807) is 6.20 Å². The lowest BCUT2D eigenvalue weighted by atomic mass is 10.3. The number of rotatable bonds is 4. The van der Waals surface area contributed by atoms with Gasteiger partial charge in [0.25, 0.3) is 0 Å². The second-order valence-electron chi connectivity index (χ2n) is 3.09. The Morgan fingerprint density at radius 2 is 2.07 bits per heavy atom. The lowest BCUT2D eigenvalue weighted by molar-refractivity contribution is 0.297. The van der Waals surface area contributed by atoms with Crippen LogP contribution in [-0.2, 0) is 12.5 Å². The van der Waals surface area contributed by atoms with Crippen molar-refractivity contribution in [2.75, 3.05) is 0 Å². The molecule has 0 bridgehead atoms. The first-order valence-corrected chi connectivity index (χ1v) is 5.18. The van der Waals surface area contributed by atoms with Crippen LogP contribution in [0.4, 0.5) is 0 Å². The molecule has 0 saturated heterocycles. The standard InChI is InChI=1S/C11H11ClN2O/c12-6-9-7-13-11(14-9)8-15-10-4-2-1-3-5-10/h1-5,7H,6,8H2,(H,13,14). The fourth-order valence-corrected chi connectivity index (χ4v) is 1.35. The van der Waals surface area contributed by atoms with Crippen LogP contribution in [0.25, 0.3) is 0 Å². The van der Waals surface area contributed by atoms with Crippen LogP contribution in [-0.4, -0.2) is 9.97 Å². The van der Waals surface area contributed by atoms with Gasteiger partial charge in [-0.1, -0.05) is 18.2 Å². The van der Waals surface area contributed by atoms with Crippen molar-refractivity contribution in [3.63, 3.8) is 0 Å². The number of aromatic nitrogens is 2. The third-order valence-corrected chi connectivity index (χ3v) is 2.23. The quantitative estimate of drug-likeness (QED) is 0.808. The molecule has 1 aromatic carbocycles. The summed E-state index contributed by atoms with van der Waals surface area (Å²) in [5.74, 6) is 2.06. The van der Waals surface area contributed by atoms with E-state index in [-0.39, 0.29) is 0 Å². The molecule has 0 atom stereocenters. The number of nitrogens with one attached hydrogen (secondary N) is 1. The third-order valence-electron chi connectivity index (χ3n) is 1.94. The second-order valence-corrected chi connectivity index (χ2v) is 3.36. The Hall–Kier alpha value is -1.48. The van der Waals surface area contributed by atoms with E-state index in [9.17, 15) is 0 Å². The van der Waals surface area contributed by atoms with Gasteiger partial charge >= 0.3 is 0 Å². The Morgan fingerprint density at radius 1 is 1.27 bits per heavy atom. The molecule has 3 nitrogen and oxygen atoms in total. The van der Waals surface area contributed by atoms with Crippen molar-refractivity contribution in [3.8, 4) is 5.75 Å². The molecule has 0 radical (unpaired) electrons. The summed E-state index contributed by atoms with van der Waals surface area (Å²) < 4.78 is 5.51. The Balaban J connectivity index is 1.93. The highest BCUT2D eigenvalue weighted by Gasteiger charge is 2.00. The maximum Gasteiger partial charge on any atom is 0.146 e. The molecule has 1 aromatic heterocycles. The highest BCUT2D eigenvalue weighted by Crippen LogP contribution is 2.10. The van der Waals surface area contributed by atoms with Crippen molar-refractivity contribution in [1.82, 2.24) is 9.97 Å². The number of nitrogens with zero attached hydrogens (tertiary/aromatic N) is 1. The Kier molecular flexibility index (Phi) is 3.25. The number of ether oxygens (including phenoxy) is 1. The zero-order valence-corrected chi connectivity index (χ0v) is 8.87. The van der Waals surface area contributed by atoms with Gasteiger partial charge in [0.05, 0.1) is 5.88 Å². The molecule has 0 aliphatic rings. The molecule has 0 amide bonds. The maximum atomic E-state index is 5.65. The molecular weight excluding hydrogens is 212 g/mol. The summed E-state index contributed by atoms with van der Waals surface area (Å²) in [4.78, 5) is 7.20. The van der Waals surface area contributed by atoms with E-state index < -0.39 is 0 Å². The molecule has 0 unspecified atom stereocenters. The summed E-state index contributed by atoms with van der Waals surface area (Å²) in [6, 6.07) is 9.63. The van der Waals surface area contributed by atoms with E-state index in [1.807, 2.05) is 30.3 Å². The van der Waals surface area contributed by atoms with E-state index in [0.29, 0.717) is 12.5 Å². The molecule has 2 rings (SSSR count). The van der Waals surface area contributed by atoms with E-state index >= 15 is 0 Å². The summed E-state index contributed by atoms with van der Waals surface area (Å²) in [5.41, 5.74) is 0.906. The summed E-state index contributed by atoms with van der Waals surface area (Å²) in [5, 5.41) is 0. The molecule has 1 N–H and O–H groups in total. The van der Waals surface area contributed by atoms with E-state index in [4.69, 9.17) is 16.3 Å². The molecule has 1 heterocycles. The van der Waals surface area contributed by atoms with Crippen molar-refractivity contribution < 1.29 is 4.74 Å². The lowest BCUT2D eigenvalue weighted by Crippen LogP contribution is -1.97. The fourth-order valence-electron chi connectivity index (χ4n) is 1.22. The Morgan fingerprint density at radius 3 is 2.73 bits per heavy atom. The van der Waals surface area contributed by atoms with Gasteiger partial charge in [0, 0.05) is 11.9 Å². The van der Waals surface area contributed by atoms with Crippen LogP contribution < -0.4 is 4.74 Å². The average molecular weight is 223 g/mol. The average Bonchev–Trinajstić information content (AvgIpc) is 2.76. The molecule has 0 spiro atoms. The fraction of sp³-hybridized carbons (Fsp3) is 0.182. The third kappa shape index (κ3) is 2.73. The van der Waals surface area contributed by atoms with Crippen LogP contribution in [0.5, 0.6) is 5.75 Å². The molecule has 0 aliphatic heterocycles. The minimum Gasteiger partial charge on any atom is -0.486 e. The van der Waals surface area contributed by atoms with Crippen LogP contribution >= 0.6 is 11.6 Å². The zero-order chi connectivity index (χ0) is 10.5. The topological polar surface area (TPSA) is 37.9 Å². The predicted molar refractivity (Wildman–Crippen MR) is 58.9 cm³/mol. The number of para-hydroxylation sites is 1. The number of imidazole rings is 1. The number of hydrogen-bond donors (Lipinski definition) is 1. The normalized spacial score (nSPS) is 10.2. The number of alkyl halides is 1. The smallest absolute Gasteiger partial charge is 0.146 e. The first-order valence-electron chi connectivity index (χ1n) is 4.65. The van der Waals surface area contributed by atoms with Gasteiger partial charge < -0.3 is 9.72 Å². The summed E-state index contributed by atoms with van der Waals surface area (Å²) in [7, 11) is 0. The van der Waals surface area contributed by atoms with Crippen LogP contribution in [0.3, 0.4) is 0 Å². The zero-order valence-electron chi connectivity index (χ0n) is 8.11. The SMILES string of the molecule is ClCc1cnc(COc2ccccc2)[nH]1. The molecule has 78 valence electrons. The van der Waals surface area contributed by atoms with Crippen LogP contribution in [0.2, 0.25) is 0 Å². The van der Waals surface area contributed by atoms with Gasteiger partial charge in [0.2, 0.25) is 0 Å². The van der Waals surface area contributed by atoms with Crippen molar-refractivity contribution in [2.24, 2.45) is 0 Å². The van der Waals surface area contributed by atoms with Gasteiger partial charge in [-0.3, -0.25) is 0 Å². The van der Waals surface area contributed by atoms with E-state index in [1.165, 1.54) is 0 Å². The van der Waals surface area contributed by atoms with Crippen molar-refractivity contribution >= 4 is 11.6 Å². The van der Waals surface area contributed by atoms with E-state index in [0.717, 1.165) is 17.3 Å². The Bertz CT molecular complexity index is 414. The van der Waals surface area contributed by atoms with Gasteiger partial charge in [-0.05, 0) is 12.1 Å². The molecule has 0 saturated carbocycles. The number of aromatic amines is 1. The predicted octanol–water partition coefficient (Wildman–Crippen LogP) is 2.73. The number of benzene rings is 1. The summed E-state index contributed by atoms with van der Waals surface area (Å²) in [6.45, 7) is 0.431. The first-order chi connectivity index (χ1) is 7.38. The summed E-state index contributed by atoms with van der Waals surface area (Å²) >= 11 is 5.65. The number of H-pyrrole nitrogens is 1. The molecule has 0 fully saturated rings. The number of halogens is 1. The first kappa shape index (κ1) is 10.1. The molecular formula is C11H11ClN2O.